The Kier molecular flexibility index (Phi) is 6.57. The maximum atomic E-state index is 11.4. The molecule has 0 aromatic rings. The number of hydrogen-bond acceptors (Lipinski definition) is 5. The molecule has 1 heterocycles. The topological polar surface area (TPSA) is 76.7 Å². The maximum Gasteiger partial charge on any atom is 0.332 e. The Labute approximate surface area is 101 Å². The largest absolute Gasteiger partial charge is 0.464 e. The molecule has 1 rings (SSSR count). The molecular formula is C11H20N2O4. The predicted octanol–water partition coefficient (Wildman–Crippen LogP) is -0.566. The van der Waals surface area contributed by atoms with E-state index in [1.54, 1.807) is 6.92 Å². The molecule has 0 aliphatic carbocycles. The second kappa shape index (κ2) is 8.03. The highest BCUT2D eigenvalue weighted by Gasteiger charge is 2.20. The Morgan fingerprint density at radius 2 is 2.41 bits per heavy atom. The van der Waals surface area contributed by atoms with Gasteiger partial charge in [-0.25, -0.2) is 4.79 Å². The Morgan fingerprint density at radius 1 is 1.59 bits per heavy atom. The molecule has 98 valence electrons. The van der Waals surface area contributed by atoms with Crippen LogP contribution in [0.4, 0.5) is 0 Å². The van der Waals surface area contributed by atoms with Gasteiger partial charge in [-0.05, 0) is 19.8 Å². The van der Waals surface area contributed by atoms with Gasteiger partial charge in [0.15, 0.2) is 0 Å². The van der Waals surface area contributed by atoms with Crippen LogP contribution >= 0.6 is 0 Å². The Morgan fingerprint density at radius 3 is 3.12 bits per heavy atom. The van der Waals surface area contributed by atoms with Crippen LogP contribution in [0.25, 0.3) is 0 Å². The van der Waals surface area contributed by atoms with E-state index in [-0.39, 0.29) is 24.5 Å². The summed E-state index contributed by atoms with van der Waals surface area (Å²) in [4.78, 5) is 22.3. The number of carbonyl (C=O) groups excluding carboxylic acids is 2. The molecule has 1 saturated heterocycles. The lowest BCUT2D eigenvalue weighted by Gasteiger charge is -2.22. The lowest BCUT2D eigenvalue weighted by Crippen LogP contribution is -2.49. The summed E-state index contributed by atoms with van der Waals surface area (Å²) in [5.74, 6) is -0.315. The van der Waals surface area contributed by atoms with Crippen LogP contribution in [-0.4, -0.2) is 50.8 Å². The van der Waals surface area contributed by atoms with Crippen molar-refractivity contribution in [2.45, 2.75) is 25.8 Å². The molecule has 6 nitrogen and oxygen atoms in total. The van der Waals surface area contributed by atoms with Crippen LogP contribution in [0.3, 0.4) is 0 Å². The molecule has 17 heavy (non-hydrogen) atoms. The minimum Gasteiger partial charge on any atom is -0.464 e. The van der Waals surface area contributed by atoms with E-state index in [1.165, 1.54) is 0 Å². The molecule has 0 bridgehead atoms. The van der Waals surface area contributed by atoms with E-state index in [0.29, 0.717) is 19.8 Å². The quantitative estimate of drug-likeness (QED) is 0.463. The van der Waals surface area contributed by atoms with Crippen LogP contribution in [0.15, 0.2) is 0 Å². The number of nitrogens with one attached hydrogen (secondary N) is 2. The summed E-state index contributed by atoms with van der Waals surface area (Å²) < 4.78 is 9.81. The van der Waals surface area contributed by atoms with Crippen molar-refractivity contribution in [2.24, 2.45) is 0 Å². The molecule has 2 N–H and O–H groups in total. The second-order valence-electron chi connectivity index (χ2n) is 3.80. The zero-order valence-electron chi connectivity index (χ0n) is 10.2. The van der Waals surface area contributed by atoms with Crippen molar-refractivity contribution >= 4 is 11.9 Å². The molecule has 1 aliphatic rings. The first-order valence-electron chi connectivity index (χ1n) is 5.98. The van der Waals surface area contributed by atoms with E-state index >= 15 is 0 Å². The van der Waals surface area contributed by atoms with Gasteiger partial charge in [0.1, 0.15) is 6.61 Å². The molecule has 1 fully saturated rings. The number of piperidine rings is 1. The van der Waals surface area contributed by atoms with Gasteiger partial charge in [-0.1, -0.05) is 0 Å². The van der Waals surface area contributed by atoms with Gasteiger partial charge in [0.05, 0.1) is 19.3 Å². The highest BCUT2D eigenvalue weighted by atomic mass is 16.6. The average molecular weight is 244 g/mol. The first-order valence-corrected chi connectivity index (χ1v) is 5.98. The van der Waals surface area contributed by atoms with E-state index in [4.69, 9.17) is 9.47 Å². The zero-order valence-corrected chi connectivity index (χ0v) is 10.2. The van der Waals surface area contributed by atoms with E-state index in [0.717, 1.165) is 19.4 Å². The Bertz CT molecular complexity index is 258. The fourth-order valence-corrected chi connectivity index (χ4v) is 1.63. The summed E-state index contributed by atoms with van der Waals surface area (Å²) in [7, 11) is 0. The molecule has 1 atom stereocenters. The van der Waals surface area contributed by atoms with Crippen LogP contribution in [-0.2, 0) is 19.1 Å². The van der Waals surface area contributed by atoms with Gasteiger partial charge < -0.3 is 20.1 Å². The Balaban J connectivity index is 2.00. The van der Waals surface area contributed by atoms with Gasteiger partial charge in [0.25, 0.3) is 0 Å². The van der Waals surface area contributed by atoms with Crippen LogP contribution < -0.4 is 10.6 Å². The highest BCUT2D eigenvalue weighted by Crippen LogP contribution is 2.01. The van der Waals surface area contributed by atoms with Crippen molar-refractivity contribution in [3.05, 3.63) is 0 Å². The van der Waals surface area contributed by atoms with E-state index in [1.807, 2.05) is 0 Å². The monoisotopic (exact) mass is 244 g/mol. The van der Waals surface area contributed by atoms with Crippen molar-refractivity contribution in [1.82, 2.24) is 10.6 Å². The lowest BCUT2D eigenvalue weighted by atomic mass is 10.1. The third-order valence-electron chi connectivity index (χ3n) is 2.45. The summed E-state index contributed by atoms with van der Waals surface area (Å²) in [5.41, 5.74) is 0. The highest BCUT2D eigenvalue weighted by molar-refractivity contribution is 5.82. The third-order valence-corrected chi connectivity index (χ3v) is 2.45. The molecule has 0 radical (unpaired) electrons. The molecule has 1 unspecified atom stereocenters. The number of rotatable bonds is 7. The number of ether oxygens (including phenoxy) is 2. The Hall–Kier alpha value is -1.14. The summed E-state index contributed by atoms with van der Waals surface area (Å²) in [6.45, 7) is 3.78. The van der Waals surface area contributed by atoms with E-state index in [2.05, 4.69) is 10.6 Å². The first kappa shape index (κ1) is 13.9. The number of hydrogen-bond donors (Lipinski definition) is 2. The SMILES string of the molecule is CCOC(=O)COCCNC1CCCNC1=O. The summed E-state index contributed by atoms with van der Waals surface area (Å²) in [6.07, 6.45) is 1.84. The van der Waals surface area contributed by atoms with Crippen LogP contribution in [0.1, 0.15) is 19.8 Å². The molecule has 1 aliphatic heterocycles. The van der Waals surface area contributed by atoms with Crippen molar-refractivity contribution in [3.63, 3.8) is 0 Å². The van der Waals surface area contributed by atoms with Gasteiger partial charge in [-0.2, -0.15) is 0 Å². The lowest BCUT2D eigenvalue weighted by molar-refractivity contribution is -0.148. The molecule has 0 aromatic carbocycles. The third kappa shape index (κ3) is 5.65. The van der Waals surface area contributed by atoms with Gasteiger partial charge in [-0.3, -0.25) is 4.79 Å². The van der Waals surface area contributed by atoms with Gasteiger partial charge >= 0.3 is 5.97 Å². The summed E-state index contributed by atoms with van der Waals surface area (Å²) in [5, 5.41) is 5.88. The van der Waals surface area contributed by atoms with E-state index in [9.17, 15) is 9.59 Å². The average Bonchev–Trinajstić information content (AvgIpc) is 2.31. The van der Waals surface area contributed by atoms with Crippen LogP contribution in [0.2, 0.25) is 0 Å². The fourth-order valence-electron chi connectivity index (χ4n) is 1.63. The van der Waals surface area contributed by atoms with Crippen LogP contribution in [0, 0.1) is 0 Å². The minimum atomic E-state index is -0.358. The smallest absolute Gasteiger partial charge is 0.332 e. The van der Waals surface area contributed by atoms with Crippen molar-refractivity contribution in [2.75, 3.05) is 32.9 Å². The van der Waals surface area contributed by atoms with Crippen LogP contribution in [0.5, 0.6) is 0 Å². The predicted molar refractivity (Wildman–Crippen MR) is 61.5 cm³/mol. The maximum absolute atomic E-state index is 11.4. The molecular weight excluding hydrogens is 224 g/mol. The number of amides is 1. The zero-order chi connectivity index (χ0) is 12.5. The summed E-state index contributed by atoms with van der Waals surface area (Å²) >= 11 is 0. The standard InChI is InChI=1S/C11H20N2O4/c1-2-17-10(14)8-16-7-6-12-9-4-3-5-13-11(9)15/h9,12H,2-8H2,1H3,(H,13,15). The first-order chi connectivity index (χ1) is 8.24. The van der Waals surface area contributed by atoms with Crippen molar-refractivity contribution < 1.29 is 19.1 Å². The molecule has 0 spiro atoms. The van der Waals surface area contributed by atoms with Crippen molar-refractivity contribution in [3.8, 4) is 0 Å². The summed E-state index contributed by atoms with van der Waals surface area (Å²) in [6, 6.07) is -0.130. The fraction of sp³-hybridized carbons (Fsp3) is 0.818. The normalized spacial score (nSPS) is 19.8. The molecule has 0 aromatic heterocycles. The van der Waals surface area contributed by atoms with Gasteiger partial charge in [-0.15, -0.1) is 0 Å². The molecule has 1 amide bonds. The number of esters is 1. The minimum absolute atomic E-state index is 0.0353. The van der Waals surface area contributed by atoms with E-state index < -0.39 is 0 Å². The molecule has 6 heteroatoms. The molecule has 0 saturated carbocycles. The second-order valence-corrected chi connectivity index (χ2v) is 3.80. The number of carbonyl (C=O) groups is 2. The van der Waals surface area contributed by atoms with Crippen molar-refractivity contribution in [1.29, 1.82) is 0 Å². The van der Waals surface area contributed by atoms with Gasteiger partial charge in [0, 0.05) is 13.1 Å². The van der Waals surface area contributed by atoms with Gasteiger partial charge in [0.2, 0.25) is 5.91 Å².